The maximum atomic E-state index is 4.42. The third kappa shape index (κ3) is 1.50. The lowest BCUT2D eigenvalue weighted by atomic mass is 9.91. The topological polar surface area (TPSA) is 30.7 Å². The normalized spacial score (nSPS) is 12.3. The third-order valence-corrected chi connectivity index (χ3v) is 2.27. The van der Waals surface area contributed by atoms with Gasteiger partial charge < -0.3 is 0 Å². The zero-order valence-corrected chi connectivity index (χ0v) is 9.07. The minimum atomic E-state index is 0.101. The van der Waals surface area contributed by atoms with E-state index < -0.39 is 0 Å². The summed E-state index contributed by atoms with van der Waals surface area (Å²) in [6.07, 6.45) is 3.86. The molecule has 2 aromatic heterocycles. The van der Waals surface area contributed by atoms with Gasteiger partial charge in [-0.25, -0.2) is 0 Å². The minimum absolute atomic E-state index is 0.101. The summed E-state index contributed by atoms with van der Waals surface area (Å²) in [6, 6.07) is 2.11. The Kier molecular flexibility index (Phi) is 1.84. The van der Waals surface area contributed by atoms with Crippen molar-refractivity contribution in [2.45, 2.75) is 26.2 Å². The molecular weight excluding hydrogens is 174 g/mol. The van der Waals surface area contributed by atoms with Crippen molar-refractivity contribution in [3.05, 3.63) is 24.2 Å². The summed E-state index contributed by atoms with van der Waals surface area (Å²) in [7, 11) is 1.93. The van der Waals surface area contributed by atoms with Gasteiger partial charge in [-0.2, -0.15) is 5.10 Å². The van der Waals surface area contributed by atoms with Crippen LogP contribution in [0.25, 0.3) is 10.9 Å². The van der Waals surface area contributed by atoms with E-state index in [1.54, 1.807) is 0 Å². The lowest BCUT2D eigenvalue weighted by Crippen LogP contribution is -2.12. The average molecular weight is 189 g/mol. The predicted molar refractivity (Wildman–Crippen MR) is 57.2 cm³/mol. The number of hydrogen-bond acceptors (Lipinski definition) is 2. The summed E-state index contributed by atoms with van der Waals surface area (Å²) < 4.78 is 1.82. The molecule has 14 heavy (non-hydrogen) atoms. The summed E-state index contributed by atoms with van der Waals surface area (Å²) in [5.74, 6) is 0. The average Bonchev–Trinajstić information content (AvgIpc) is 2.41. The van der Waals surface area contributed by atoms with E-state index >= 15 is 0 Å². The van der Waals surface area contributed by atoms with Crippen LogP contribution in [0.2, 0.25) is 0 Å². The molecule has 0 radical (unpaired) electrons. The Morgan fingerprint density at radius 1 is 1.29 bits per heavy atom. The Morgan fingerprint density at radius 3 is 2.64 bits per heavy atom. The van der Waals surface area contributed by atoms with Crippen LogP contribution in [0, 0.1) is 0 Å². The molecule has 74 valence electrons. The van der Waals surface area contributed by atoms with E-state index in [0.717, 1.165) is 16.6 Å². The number of fused-ring (bicyclic) bond motifs is 1. The highest BCUT2D eigenvalue weighted by atomic mass is 15.2. The van der Waals surface area contributed by atoms with E-state index in [4.69, 9.17) is 0 Å². The van der Waals surface area contributed by atoms with Gasteiger partial charge in [0.05, 0.1) is 6.20 Å². The van der Waals surface area contributed by atoms with Crippen molar-refractivity contribution in [1.82, 2.24) is 14.8 Å². The second-order valence-corrected chi connectivity index (χ2v) is 4.68. The standard InChI is InChI=1S/C11H15N3/c1-11(2,3)10-5-8-7-14(4)13-9(8)6-12-10/h5-7H,1-4H3. The fraction of sp³-hybridized carbons (Fsp3) is 0.455. The van der Waals surface area contributed by atoms with Gasteiger partial charge in [-0.15, -0.1) is 0 Å². The van der Waals surface area contributed by atoms with Crippen LogP contribution in [0.1, 0.15) is 26.5 Å². The number of aromatic nitrogens is 3. The SMILES string of the molecule is Cn1cc2cc(C(C)(C)C)ncc2n1. The van der Waals surface area contributed by atoms with Crippen LogP contribution in [0.3, 0.4) is 0 Å². The first kappa shape index (κ1) is 9.19. The number of nitrogens with zero attached hydrogens (tertiary/aromatic N) is 3. The molecule has 0 bridgehead atoms. The highest BCUT2D eigenvalue weighted by molar-refractivity contribution is 5.77. The highest BCUT2D eigenvalue weighted by Gasteiger charge is 2.15. The summed E-state index contributed by atoms with van der Waals surface area (Å²) >= 11 is 0. The van der Waals surface area contributed by atoms with Crippen LogP contribution in [-0.4, -0.2) is 14.8 Å². The Labute approximate surface area is 83.8 Å². The maximum Gasteiger partial charge on any atom is 0.111 e. The highest BCUT2D eigenvalue weighted by Crippen LogP contribution is 2.22. The lowest BCUT2D eigenvalue weighted by Gasteiger charge is -2.16. The van der Waals surface area contributed by atoms with Crippen LogP contribution in [0.4, 0.5) is 0 Å². The van der Waals surface area contributed by atoms with Crippen molar-refractivity contribution >= 4 is 10.9 Å². The molecule has 0 amide bonds. The quantitative estimate of drug-likeness (QED) is 0.636. The van der Waals surface area contributed by atoms with Gasteiger partial charge in [-0.3, -0.25) is 9.67 Å². The van der Waals surface area contributed by atoms with Crippen molar-refractivity contribution in [2.75, 3.05) is 0 Å². The number of rotatable bonds is 0. The zero-order valence-electron chi connectivity index (χ0n) is 9.07. The van der Waals surface area contributed by atoms with Crippen LogP contribution < -0.4 is 0 Å². The molecule has 2 rings (SSSR count). The first-order valence-corrected chi connectivity index (χ1v) is 4.77. The minimum Gasteiger partial charge on any atom is -0.275 e. The van der Waals surface area contributed by atoms with Gasteiger partial charge in [0.1, 0.15) is 5.52 Å². The van der Waals surface area contributed by atoms with E-state index in [-0.39, 0.29) is 5.41 Å². The molecule has 0 atom stereocenters. The van der Waals surface area contributed by atoms with Crippen molar-refractivity contribution in [3.63, 3.8) is 0 Å². The van der Waals surface area contributed by atoms with Gasteiger partial charge in [0.25, 0.3) is 0 Å². The lowest BCUT2D eigenvalue weighted by molar-refractivity contribution is 0.570. The Bertz CT molecular complexity index is 463. The molecule has 0 fully saturated rings. The molecule has 0 N–H and O–H groups in total. The molecule has 2 aromatic rings. The largest absolute Gasteiger partial charge is 0.275 e. The Morgan fingerprint density at radius 2 is 2.00 bits per heavy atom. The smallest absolute Gasteiger partial charge is 0.111 e. The molecule has 0 aliphatic rings. The van der Waals surface area contributed by atoms with Gasteiger partial charge in [-0.05, 0) is 6.07 Å². The van der Waals surface area contributed by atoms with Gasteiger partial charge >= 0.3 is 0 Å². The summed E-state index contributed by atoms with van der Waals surface area (Å²) in [5.41, 5.74) is 2.17. The van der Waals surface area contributed by atoms with E-state index in [0.29, 0.717) is 0 Å². The summed E-state index contributed by atoms with van der Waals surface area (Å²) in [6.45, 7) is 6.49. The van der Waals surface area contributed by atoms with Gasteiger partial charge in [0.2, 0.25) is 0 Å². The van der Waals surface area contributed by atoms with E-state index in [1.165, 1.54) is 0 Å². The first-order chi connectivity index (χ1) is 6.47. The van der Waals surface area contributed by atoms with E-state index in [2.05, 4.69) is 36.9 Å². The number of aryl methyl sites for hydroxylation is 1. The van der Waals surface area contributed by atoms with Crippen molar-refractivity contribution in [1.29, 1.82) is 0 Å². The van der Waals surface area contributed by atoms with Crippen LogP contribution in [-0.2, 0) is 12.5 Å². The second kappa shape index (κ2) is 2.80. The van der Waals surface area contributed by atoms with Gasteiger partial charge in [0, 0.05) is 29.7 Å². The first-order valence-electron chi connectivity index (χ1n) is 4.77. The molecule has 0 aliphatic heterocycles. The van der Waals surface area contributed by atoms with E-state index in [9.17, 15) is 0 Å². The summed E-state index contributed by atoms with van der Waals surface area (Å²) in [4.78, 5) is 4.42. The monoisotopic (exact) mass is 189 g/mol. The fourth-order valence-electron chi connectivity index (χ4n) is 1.46. The van der Waals surface area contributed by atoms with Crippen molar-refractivity contribution < 1.29 is 0 Å². The molecule has 0 saturated heterocycles. The summed E-state index contributed by atoms with van der Waals surface area (Å²) in [5, 5.41) is 5.45. The van der Waals surface area contributed by atoms with Crippen molar-refractivity contribution in [3.8, 4) is 0 Å². The maximum absolute atomic E-state index is 4.42. The molecule has 0 unspecified atom stereocenters. The molecule has 0 saturated carbocycles. The van der Waals surface area contributed by atoms with Gasteiger partial charge in [-0.1, -0.05) is 20.8 Å². The molecular formula is C11H15N3. The molecule has 3 nitrogen and oxygen atoms in total. The predicted octanol–water partition coefficient (Wildman–Crippen LogP) is 2.27. The number of hydrogen-bond donors (Lipinski definition) is 0. The Hall–Kier alpha value is -1.38. The molecule has 3 heteroatoms. The third-order valence-electron chi connectivity index (χ3n) is 2.27. The number of pyridine rings is 1. The Balaban J connectivity index is 2.62. The molecule has 0 aromatic carbocycles. The van der Waals surface area contributed by atoms with Gasteiger partial charge in [0.15, 0.2) is 0 Å². The second-order valence-electron chi connectivity index (χ2n) is 4.68. The van der Waals surface area contributed by atoms with Crippen molar-refractivity contribution in [2.24, 2.45) is 7.05 Å². The van der Waals surface area contributed by atoms with Crippen LogP contribution >= 0.6 is 0 Å². The fourth-order valence-corrected chi connectivity index (χ4v) is 1.46. The molecule has 0 spiro atoms. The zero-order chi connectivity index (χ0) is 10.3. The molecule has 2 heterocycles. The molecule has 0 aliphatic carbocycles. The van der Waals surface area contributed by atoms with Crippen LogP contribution in [0.5, 0.6) is 0 Å². The van der Waals surface area contributed by atoms with E-state index in [1.807, 2.05) is 24.1 Å². The van der Waals surface area contributed by atoms with Crippen LogP contribution in [0.15, 0.2) is 18.5 Å².